The number of hydrogen-bond donors (Lipinski definition) is 2. The van der Waals surface area contributed by atoms with Gasteiger partial charge in [-0.3, -0.25) is 0 Å². The molecule has 0 amide bonds. The molecule has 1 aromatic heterocycles. The van der Waals surface area contributed by atoms with Gasteiger partial charge in [0.15, 0.2) is 0 Å². The van der Waals surface area contributed by atoms with Crippen LogP contribution in [0, 0.1) is 17.7 Å². The van der Waals surface area contributed by atoms with Gasteiger partial charge < -0.3 is 10.7 Å². The van der Waals surface area contributed by atoms with Crippen molar-refractivity contribution in [3.8, 4) is 0 Å². The first-order valence-corrected chi connectivity index (χ1v) is 6.63. The number of nitrogens with two attached hydrogens (primary N) is 1. The van der Waals surface area contributed by atoms with Crippen LogP contribution in [0.25, 0.3) is 11.0 Å². The van der Waals surface area contributed by atoms with Crippen LogP contribution in [0.4, 0.5) is 4.39 Å². The van der Waals surface area contributed by atoms with E-state index in [1.807, 2.05) is 0 Å². The van der Waals surface area contributed by atoms with E-state index in [-0.39, 0.29) is 11.9 Å². The summed E-state index contributed by atoms with van der Waals surface area (Å²) in [5.41, 5.74) is 7.93. The summed E-state index contributed by atoms with van der Waals surface area (Å²) in [7, 11) is 0. The van der Waals surface area contributed by atoms with E-state index < -0.39 is 0 Å². The predicted octanol–water partition coefficient (Wildman–Crippen LogP) is 2.54. The van der Waals surface area contributed by atoms with Gasteiger partial charge in [-0.25, -0.2) is 9.37 Å². The Kier molecular flexibility index (Phi) is 2.07. The van der Waals surface area contributed by atoms with Crippen LogP contribution in [-0.4, -0.2) is 16.0 Å². The molecular weight excluding hydrogens is 229 g/mol. The smallest absolute Gasteiger partial charge is 0.125 e. The van der Waals surface area contributed by atoms with E-state index in [1.54, 1.807) is 6.07 Å². The summed E-state index contributed by atoms with van der Waals surface area (Å²) in [6.45, 7) is 0. The quantitative estimate of drug-likeness (QED) is 0.811. The van der Waals surface area contributed by atoms with E-state index in [9.17, 15) is 4.39 Å². The van der Waals surface area contributed by atoms with Gasteiger partial charge in [-0.05, 0) is 49.3 Å². The molecule has 0 radical (unpaired) electrons. The molecule has 2 aliphatic carbocycles. The third-order valence-corrected chi connectivity index (χ3v) is 4.76. The van der Waals surface area contributed by atoms with Gasteiger partial charge in [0.25, 0.3) is 0 Å². The Balaban J connectivity index is 1.78. The number of aromatic amines is 1. The zero-order valence-corrected chi connectivity index (χ0v) is 10.1. The molecule has 2 aromatic rings. The van der Waals surface area contributed by atoms with E-state index >= 15 is 0 Å². The van der Waals surface area contributed by atoms with Crippen molar-refractivity contribution in [1.29, 1.82) is 0 Å². The van der Waals surface area contributed by atoms with Gasteiger partial charge in [0.1, 0.15) is 11.6 Å². The van der Waals surface area contributed by atoms with Crippen LogP contribution in [0.2, 0.25) is 0 Å². The highest BCUT2D eigenvalue weighted by atomic mass is 19.1. The number of rotatable bonds is 1. The van der Waals surface area contributed by atoms with Gasteiger partial charge in [-0.2, -0.15) is 0 Å². The third kappa shape index (κ3) is 1.35. The van der Waals surface area contributed by atoms with Gasteiger partial charge in [0.05, 0.1) is 11.0 Å². The highest BCUT2D eigenvalue weighted by Crippen LogP contribution is 2.51. The Labute approximate surface area is 105 Å². The zero-order chi connectivity index (χ0) is 12.3. The summed E-state index contributed by atoms with van der Waals surface area (Å²) in [4.78, 5) is 7.87. The first kappa shape index (κ1) is 10.5. The van der Waals surface area contributed by atoms with E-state index in [2.05, 4.69) is 9.97 Å². The Bertz CT molecular complexity index is 604. The molecule has 2 bridgehead atoms. The first-order chi connectivity index (χ1) is 8.72. The number of hydrogen-bond acceptors (Lipinski definition) is 2. The van der Waals surface area contributed by atoms with Gasteiger partial charge in [-0.15, -0.1) is 0 Å². The van der Waals surface area contributed by atoms with Crippen LogP contribution in [0.3, 0.4) is 0 Å². The lowest BCUT2D eigenvalue weighted by Crippen LogP contribution is -2.34. The molecule has 18 heavy (non-hydrogen) atoms. The Morgan fingerprint density at radius 2 is 2.11 bits per heavy atom. The molecule has 0 saturated heterocycles. The SMILES string of the molecule is NC1C2CCC(C2)C1c1nc2ccc(F)cc2[nH]1. The molecule has 0 spiro atoms. The van der Waals surface area contributed by atoms with Gasteiger partial charge in [0, 0.05) is 12.0 Å². The molecular formula is C14H16FN3. The average molecular weight is 245 g/mol. The lowest BCUT2D eigenvalue weighted by atomic mass is 9.84. The highest BCUT2D eigenvalue weighted by molar-refractivity contribution is 5.75. The highest BCUT2D eigenvalue weighted by Gasteiger charge is 2.47. The predicted molar refractivity (Wildman–Crippen MR) is 67.6 cm³/mol. The summed E-state index contributed by atoms with van der Waals surface area (Å²) in [6, 6.07) is 4.90. The number of H-pyrrole nitrogens is 1. The standard InChI is InChI=1S/C14H16FN3/c15-9-3-4-10-11(6-9)18-14(17-10)12-7-1-2-8(5-7)13(12)16/h3-4,6-8,12-13H,1-2,5,16H2,(H,17,18). The third-order valence-electron chi connectivity index (χ3n) is 4.76. The molecule has 1 aromatic carbocycles. The van der Waals surface area contributed by atoms with Crippen molar-refractivity contribution >= 4 is 11.0 Å². The maximum Gasteiger partial charge on any atom is 0.125 e. The van der Waals surface area contributed by atoms with Crippen LogP contribution in [0.15, 0.2) is 18.2 Å². The Morgan fingerprint density at radius 1 is 1.28 bits per heavy atom. The van der Waals surface area contributed by atoms with E-state index in [0.717, 1.165) is 16.9 Å². The number of aromatic nitrogens is 2. The van der Waals surface area contributed by atoms with Crippen molar-refractivity contribution < 1.29 is 4.39 Å². The largest absolute Gasteiger partial charge is 0.342 e. The molecule has 1 heterocycles. The summed E-state index contributed by atoms with van der Waals surface area (Å²) in [5.74, 6) is 2.38. The van der Waals surface area contributed by atoms with Crippen LogP contribution in [0.1, 0.15) is 31.0 Å². The van der Waals surface area contributed by atoms with Crippen molar-refractivity contribution in [2.45, 2.75) is 31.2 Å². The maximum absolute atomic E-state index is 13.2. The normalized spacial score (nSPS) is 34.6. The first-order valence-electron chi connectivity index (χ1n) is 6.63. The van der Waals surface area contributed by atoms with Crippen molar-refractivity contribution in [3.63, 3.8) is 0 Å². The summed E-state index contributed by atoms with van der Waals surface area (Å²) in [5, 5.41) is 0. The fraction of sp³-hybridized carbons (Fsp3) is 0.500. The molecule has 4 rings (SSSR count). The number of halogens is 1. The lowest BCUT2D eigenvalue weighted by molar-refractivity contribution is 0.356. The van der Waals surface area contributed by atoms with E-state index in [4.69, 9.17) is 5.73 Å². The minimum atomic E-state index is -0.227. The molecule has 4 atom stereocenters. The molecule has 2 aliphatic rings. The Hall–Kier alpha value is -1.42. The molecule has 3 nitrogen and oxygen atoms in total. The summed E-state index contributed by atoms with van der Waals surface area (Å²) < 4.78 is 13.2. The van der Waals surface area contributed by atoms with Crippen molar-refractivity contribution in [3.05, 3.63) is 29.8 Å². The molecule has 3 N–H and O–H groups in total. The molecule has 2 saturated carbocycles. The van der Waals surface area contributed by atoms with Gasteiger partial charge in [0.2, 0.25) is 0 Å². The van der Waals surface area contributed by atoms with Gasteiger partial charge in [-0.1, -0.05) is 0 Å². The number of nitrogens with one attached hydrogen (secondary N) is 1. The fourth-order valence-electron chi connectivity index (χ4n) is 3.90. The molecule has 4 heteroatoms. The lowest BCUT2D eigenvalue weighted by Gasteiger charge is -2.26. The summed E-state index contributed by atoms with van der Waals surface area (Å²) >= 11 is 0. The Morgan fingerprint density at radius 3 is 2.89 bits per heavy atom. The van der Waals surface area contributed by atoms with Crippen molar-refractivity contribution in [2.75, 3.05) is 0 Å². The number of fused-ring (bicyclic) bond motifs is 3. The molecule has 2 fully saturated rings. The fourth-order valence-corrected chi connectivity index (χ4v) is 3.90. The minimum absolute atomic E-state index is 0.217. The topological polar surface area (TPSA) is 54.7 Å². The van der Waals surface area contributed by atoms with E-state index in [1.165, 1.54) is 31.4 Å². The maximum atomic E-state index is 13.2. The van der Waals surface area contributed by atoms with Crippen LogP contribution < -0.4 is 5.73 Å². The second kappa shape index (κ2) is 3.54. The molecule has 94 valence electrons. The molecule has 4 unspecified atom stereocenters. The minimum Gasteiger partial charge on any atom is -0.342 e. The van der Waals surface area contributed by atoms with Crippen molar-refractivity contribution in [2.24, 2.45) is 17.6 Å². The number of benzene rings is 1. The van der Waals surface area contributed by atoms with E-state index in [0.29, 0.717) is 17.8 Å². The monoisotopic (exact) mass is 245 g/mol. The second-order valence-electron chi connectivity index (χ2n) is 5.72. The van der Waals surface area contributed by atoms with Crippen molar-refractivity contribution in [1.82, 2.24) is 9.97 Å². The summed E-state index contributed by atoms with van der Waals surface area (Å²) in [6.07, 6.45) is 3.75. The second-order valence-corrected chi connectivity index (χ2v) is 5.72. The zero-order valence-electron chi connectivity index (χ0n) is 10.1. The molecule has 0 aliphatic heterocycles. The van der Waals surface area contributed by atoms with Crippen LogP contribution in [0.5, 0.6) is 0 Å². The van der Waals surface area contributed by atoms with Gasteiger partial charge >= 0.3 is 0 Å². The number of nitrogens with zero attached hydrogens (tertiary/aromatic N) is 1. The average Bonchev–Trinajstić information content (AvgIpc) is 3.00. The van der Waals surface area contributed by atoms with Crippen LogP contribution >= 0.6 is 0 Å². The number of imidazole rings is 1. The van der Waals surface area contributed by atoms with Crippen LogP contribution in [-0.2, 0) is 0 Å².